The molecule has 0 aliphatic rings. The van der Waals surface area contributed by atoms with E-state index in [1.165, 1.54) is 6.07 Å². The smallest absolute Gasteiger partial charge is 0.347 e. The lowest BCUT2D eigenvalue weighted by molar-refractivity contribution is -0.142. The monoisotopic (exact) mass is 354 g/mol. The third kappa shape index (κ3) is 4.37. The highest BCUT2D eigenvalue weighted by Crippen LogP contribution is 2.25. The summed E-state index contributed by atoms with van der Waals surface area (Å²) in [5, 5.41) is 12.2. The summed E-state index contributed by atoms with van der Waals surface area (Å²) in [7, 11) is 0. The lowest BCUT2D eigenvalue weighted by atomic mass is 10.4. The van der Waals surface area contributed by atoms with Crippen LogP contribution in [0.25, 0.3) is 0 Å². The van der Waals surface area contributed by atoms with Crippen LogP contribution in [0, 0.1) is 6.92 Å². The number of aromatic amines is 1. The van der Waals surface area contributed by atoms with E-state index in [1.54, 1.807) is 6.92 Å². The van der Waals surface area contributed by atoms with Crippen LogP contribution >= 0.6 is 11.3 Å². The standard InChI is InChI=1S/C14H18N4O5S/c1-4-22-12(23-5-2)8-6-9(19)17-13(16-8)18-14-15-7(3)10(24-14)11(20)21/h6,12H,4-5H2,1-3H3,(H,20,21)(H2,15,16,17,18,19). The summed E-state index contributed by atoms with van der Waals surface area (Å²) in [5.41, 5.74) is 0.310. The van der Waals surface area contributed by atoms with Crippen molar-refractivity contribution in [1.29, 1.82) is 0 Å². The number of aromatic carboxylic acids is 1. The first kappa shape index (κ1) is 18.0. The van der Waals surface area contributed by atoms with E-state index in [4.69, 9.17) is 14.6 Å². The molecule has 0 radical (unpaired) electrons. The van der Waals surface area contributed by atoms with Crippen molar-refractivity contribution in [2.45, 2.75) is 27.1 Å². The van der Waals surface area contributed by atoms with E-state index in [2.05, 4.69) is 20.3 Å². The van der Waals surface area contributed by atoms with Gasteiger partial charge in [-0.05, 0) is 20.8 Å². The van der Waals surface area contributed by atoms with Gasteiger partial charge in [0.15, 0.2) is 5.13 Å². The molecule has 3 N–H and O–H groups in total. The van der Waals surface area contributed by atoms with Crippen molar-refractivity contribution in [2.75, 3.05) is 18.5 Å². The van der Waals surface area contributed by atoms with Crippen molar-refractivity contribution in [3.8, 4) is 0 Å². The Balaban J connectivity index is 2.29. The van der Waals surface area contributed by atoms with Crippen LogP contribution in [-0.2, 0) is 9.47 Å². The molecule has 0 spiro atoms. The zero-order valence-corrected chi connectivity index (χ0v) is 14.3. The molecule has 0 saturated carbocycles. The van der Waals surface area contributed by atoms with Crippen LogP contribution in [0.1, 0.15) is 41.2 Å². The molecule has 0 aliphatic heterocycles. The van der Waals surface area contributed by atoms with E-state index in [9.17, 15) is 9.59 Å². The molecular formula is C14H18N4O5S. The molecule has 2 heterocycles. The zero-order valence-electron chi connectivity index (χ0n) is 13.5. The Labute approximate surface area is 141 Å². The molecule has 0 saturated heterocycles. The molecular weight excluding hydrogens is 336 g/mol. The van der Waals surface area contributed by atoms with Gasteiger partial charge >= 0.3 is 5.97 Å². The summed E-state index contributed by atoms with van der Waals surface area (Å²) < 4.78 is 10.9. The number of aromatic nitrogens is 3. The predicted octanol–water partition coefficient (Wildman–Crippen LogP) is 2.05. The minimum atomic E-state index is -1.05. The second kappa shape index (κ2) is 7.99. The van der Waals surface area contributed by atoms with Gasteiger partial charge in [0.05, 0.1) is 5.69 Å². The fourth-order valence-corrected chi connectivity index (χ4v) is 2.73. The van der Waals surface area contributed by atoms with Crippen molar-refractivity contribution >= 4 is 28.4 Å². The Bertz CT molecular complexity index is 767. The number of hydrogen-bond donors (Lipinski definition) is 3. The van der Waals surface area contributed by atoms with Crippen LogP contribution in [0.3, 0.4) is 0 Å². The van der Waals surface area contributed by atoms with E-state index in [0.717, 1.165) is 11.3 Å². The fraction of sp³-hybridized carbons (Fsp3) is 0.429. The van der Waals surface area contributed by atoms with Gasteiger partial charge in [-0.3, -0.25) is 9.78 Å². The van der Waals surface area contributed by atoms with Crippen molar-refractivity contribution in [1.82, 2.24) is 15.0 Å². The molecule has 130 valence electrons. The van der Waals surface area contributed by atoms with Gasteiger partial charge in [0.2, 0.25) is 12.2 Å². The number of anilines is 2. The number of carbonyl (C=O) groups is 1. The lowest BCUT2D eigenvalue weighted by Gasteiger charge is -2.16. The molecule has 0 aromatic carbocycles. The lowest BCUT2D eigenvalue weighted by Crippen LogP contribution is -2.17. The summed E-state index contributed by atoms with van der Waals surface area (Å²) in [6, 6.07) is 1.29. The minimum absolute atomic E-state index is 0.123. The highest BCUT2D eigenvalue weighted by molar-refractivity contribution is 7.17. The number of carboxylic acids is 1. The Morgan fingerprint density at radius 1 is 1.38 bits per heavy atom. The van der Waals surface area contributed by atoms with Gasteiger partial charge in [-0.2, -0.15) is 0 Å². The average Bonchev–Trinajstić information content (AvgIpc) is 2.87. The molecule has 2 aromatic heterocycles. The molecule has 2 aromatic rings. The number of rotatable bonds is 8. The molecule has 0 unspecified atom stereocenters. The van der Waals surface area contributed by atoms with E-state index in [0.29, 0.717) is 29.7 Å². The van der Waals surface area contributed by atoms with Gasteiger partial charge in [0, 0.05) is 19.3 Å². The van der Waals surface area contributed by atoms with E-state index in [1.807, 2.05) is 13.8 Å². The Kier molecular flexibility index (Phi) is 6.01. The fourth-order valence-electron chi connectivity index (χ4n) is 1.93. The van der Waals surface area contributed by atoms with Crippen LogP contribution in [0.2, 0.25) is 0 Å². The molecule has 10 heteroatoms. The number of thiazole rings is 1. The van der Waals surface area contributed by atoms with Gasteiger partial charge < -0.3 is 19.9 Å². The maximum atomic E-state index is 11.8. The van der Waals surface area contributed by atoms with Crippen LogP contribution in [0.5, 0.6) is 0 Å². The normalized spacial score (nSPS) is 11.0. The maximum absolute atomic E-state index is 11.8. The molecule has 0 fully saturated rings. The summed E-state index contributed by atoms with van der Waals surface area (Å²) in [6.07, 6.45) is -0.754. The summed E-state index contributed by atoms with van der Waals surface area (Å²) in [6.45, 7) is 6.01. The average molecular weight is 354 g/mol. The van der Waals surface area contributed by atoms with Crippen LogP contribution in [0.15, 0.2) is 10.9 Å². The number of nitrogens with one attached hydrogen (secondary N) is 2. The third-order valence-corrected chi connectivity index (χ3v) is 3.92. The molecule has 2 rings (SSSR count). The SMILES string of the molecule is CCOC(OCC)c1cc(=O)[nH]c(Nc2nc(C)c(C(=O)O)s2)n1. The Morgan fingerprint density at radius 3 is 2.58 bits per heavy atom. The van der Waals surface area contributed by atoms with Gasteiger partial charge in [-0.1, -0.05) is 11.3 Å². The number of aryl methyl sites for hydroxylation is 1. The van der Waals surface area contributed by atoms with Crippen molar-refractivity contribution < 1.29 is 19.4 Å². The number of hydrogen-bond acceptors (Lipinski definition) is 8. The van der Waals surface area contributed by atoms with Crippen LogP contribution in [0.4, 0.5) is 11.1 Å². The topological polar surface area (TPSA) is 126 Å². The van der Waals surface area contributed by atoms with Gasteiger partial charge in [-0.15, -0.1) is 0 Å². The van der Waals surface area contributed by atoms with Gasteiger partial charge in [-0.25, -0.2) is 14.8 Å². The molecule has 0 bridgehead atoms. The highest BCUT2D eigenvalue weighted by Gasteiger charge is 2.17. The van der Waals surface area contributed by atoms with Crippen molar-refractivity contribution in [3.63, 3.8) is 0 Å². The molecule has 9 nitrogen and oxygen atoms in total. The first-order chi connectivity index (χ1) is 11.4. The summed E-state index contributed by atoms with van der Waals surface area (Å²) >= 11 is 0.957. The molecule has 0 atom stereocenters. The summed E-state index contributed by atoms with van der Waals surface area (Å²) in [4.78, 5) is 33.9. The molecule has 0 aliphatic carbocycles. The second-order valence-corrected chi connectivity index (χ2v) is 5.62. The molecule has 0 amide bonds. The van der Waals surface area contributed by atoms with Crippen molar-refractivity contribution in [3.05, 3.63) is 32.7 Å². The Morgan fingerprint density at radius 2 is 2.04 bits per heavy atom. The first-order valence-electron chi connectivity index (χ1n) is 7.26. The second-order valence-electron chi connectivity index (χ2n) is 4.63. The predicted molar refractivity (Wildman–Crippen MR) is 87.9 cm³/mol. The first-order valence-corrected chi connectivity index (χ1v) is 8.08. The number of nitrogens with zero attached hydrogens (tertiary/aromatic N) is 2. The largest absolute Gasteiger partial charge is 0.477 e. The quantitative estimate of drug-likeness (QED) is 0.615. The number of ether oxygens (including phenoxy) is 2. The zero-order chi connectivity index (χ0) is 17.7. The van der Waals surface area contributed by atoms with E-state index >= 15 is 0 Å². The number of H-pyrrole nitrogens is 1. The third-order valence-electron chi connectivity index (χ3n) is 2.86. The molecule has 24 heavy (non-hydrogen) atoms. The Hall–Kier alpha value is -2.30. The number of carboxylic acid groups (broad SMARTS) is 1. The van der Waals surface area contributed by atoms with Gasteiger partial charge in [0.1, 0.15) is 10.6 Å². The maximum Gasteiger partial charge on any atom is 0.347 e. The van der Waals surface area contributed by atoms with E-state index in [-0.39, 0.29) is 10.8 Å². The van der Waals surface area contributed by atoms with Gasteiger partial charge in [0.25, 0.3) is 5.56 Å². The van der Waals surface area contributed by atoms with Crippen LogP contribution in [-0.4, -0.2) is 39.2 Å². The van der Waals surface area contributed by atoms with Crippen molar-refractivity contribution in [2.24, 2.45) is 0 Å². The summed E-state index contributed by atoms with van der Waals surface area (Å²) in [5.74, 6) is -0.923. The van der Waals surface area contributed by atoms with E-state index < -0.39 is 17.8 Å². The minimum Gasteiger partial charge on any atom is -0.477 e. The highest BCUT2D eigenvalue weighted by atomic mass is 32.1. The van der Waals surface area contributed by atoms with Crippen LogP contribution < -0.4 is 10.9 Å².